The third-order valence-electron chi connectivity index (χ3n) is 6.71. The molecule has 28 heavy (non-hydrogen) atoms. The lowest BCUT2D eigenvalue weighted by atomic mass is 9.75. The van der Waals surface area contributed by atoms with E-state index in [4.69, 9.17) is 0 Å². The van der Waals surface area contributed by atoms with E-state index in [1.54, 1.807) is 12.3 Å². The molecular formula is C20H29N5O3. The van der Waals surface area contributed by atoms with Gasteiger partial charge in [0.2, 0.25) is 5.91 Å². The van der Waals surface area contributed by atoms with Crippen LogP contribution in [0.15, 0.2) is 12.3 Å². The molecule has 0 unspecified atom stereocenters. The van der Waals surface area contributed by atoms with Gasteiger partial charge >= 0.3 is 6.03 Å². The van der Waals surface area contributed by atoms with Gasteiger partial charge < -0.3 is 10.6 Å². The van der Waals surface area contributed by atoms with E-state index in [0.717, 1.165) is 24.2 Å². The molecule has 4 amide bonds. The summed E-state index contributed by atoms with van der Waals surface area (Å²) in [5.74, 6) is 1.17. The van der Waals surface area contributed by atoms with Crippen LogP contribution in [0.4, 0.5) is 10.6 Å². The number of nitrogens with zero attached hydrogens (tertiary/aromatic N) is 3. The average Bonchev–Trinajstić information content (AvgIpc) is 3.40. The fraction of sp³-hybridized carbons (Fsp3) is 0.700. The van der Waals surface area contributed by atoms with E-state index >= 15 is 0 Å². The number of aromatic nitrogens is 2. The highest BCUT2D eigenvalue weighted by atomic mass is 16.2. The fourth-order valence-electron chi connectivity index (χ4n) is 4.58. The molecule has 1 spiro atoms. The number of hydrogen-bond acceptors (Lipinski definition) is 4. The van der Waals surface area contributed by atoms with E-state index in [9.17, 15) is 14.4 Å². The maximum atomic E-state index is 12.9. The molecule has 2 saturated carbocycles. The highest BCUT2D eigenvalue weighted by Gasteiger charge is 2.52. The molecule has 0 aromatic carbocycles. The molecule has 4 rings (SSSR count). The first-order valence-electron chi connectivity index (χ1n) is 10.4. The number of carbonyl (C=O) groups excluding carboxylic acids is 3. The van der Waals surface area contributed by atoms with Crippen LogP contribution in [0.25, 0.3) is 0 Å². The summed E-state index contributed by atoms with van der Waals surface area (Å²) in [4.78, 5) is 39.0. The SMILES string of the molecule is CCC1CCC2(CC1)NC(=O)N(CC(=O)Nc1ccnn1[C@H](C)C1CC1)C2=O. The molecule has 3 aliphatic rings. The average molecular weight is 387 g/mol. The second-order valence-corrected chi connectivity index (χ2v) is 8.54. The van der Waals surface area contributed by atoms with Crippen LogP contribution in [-0.4, -0.2) is 44.6 Å². The number of rotatable bonds is 6. The predicted molar refractivity (Wildman–Crippen MR) is 104 cm³/mol. The summed E-state index contributed by atoms with van der Waals surface area (Å²) in [7, 11) is 0. The minimum atomic E-state index is -0.814. The van der Waals surface area contributed by atoms with Gasteiger partial charge in [0.15, 0.2) is 0 Å². The van der Waals surface area contributed by atoms with Gasteiger partial charge in [0, 0.05) is 6.07 Å². The van der Waals surface area contributed by atoms with Gasteiger partial charge in [-0.1, -0.05) is 13.3 Å². The molecule has 2 aliphatic carbocycles. The van der Waals surface area contributed by atoms with Gasteiger partial charge in [-0.25, -0.2) is 9.48 Å². The van der Waals surface area contributed by atoms with Crippen molar-refractivity contribution in [1.29, 1.82) is 0 Å². The Morgan fingerprint density at radius 3 is 2.68 bits per heavy atom. The summed E-state index contributed by atoms with van der Waals surface area (Å²) < 4.78 is 1.81. The number of carbonyl (C=O) groups is 3. The fourth-order valence-corrected chi connectivity index (χ4v) is 4.58. The maximum Gasteiger partial charge on any atom is 0.325 e. The normalized spacial score (nSPS) is 28.5. The quantitative estimate of drug-likeness (QED) is 0.734. The number of amides is 4. The lowest BCUT2D eigenvalue weighted by Gasteiger charge is -2.34. The first-order chi connectivity index (χ1) is 13.4. The lowest BCUT2D eigenvalue weighted by Crippen LogP contribution is -2.49. The molecule has 3 fully saturated rings. The van der Waals surface area contributed by atoms with Crippen molar-refractivity contribution in [2.75, 3.05) is 11.9 Å². The Labute approximate surface area is 165 Å². The van der Waals surface area contributed by atoms with Gasteiger partial charge in [-0.3, -0.25) is 14.5 Å². The summed E-state index contributed by atoms with van der Waals surface area (Å²) in [5.41, 5.74) is -0.814. The highest BCUT2D eigenvalue weighted by molar-refractivity contribution is 6.10. The van der Waals surface area contributed by atoms with Crippen molar-refractivity contribution in [2.24, 2.45) is 11.8 Å². The Morgan fingerprint density at radius 2 is 2.04 bits per heavy atom. The number of imide groups is 1. The van der Waals surface area contributed by atoms with Crippen LogP contribution in [0.3, 0.4) is 0 Å². The summed E-state index contributed by atoms with van der Waals surface area (Å²) >= 11 is 0. The molecule has 0 bridgehead atoms. The lowest BCUT2D eigenvalue weighted by molar-refractivity contribution is -0.135. The Balaban J connectivity index is 1.39. The Morgan fingerprint density at radius 1 is 1.32 bits per heavy atom. The van der Waals surface area contributed by atoms with Crippen molar-refractivity contribution in [3.8, 4) is 0 Å². The van der Waals surface area contributed by atoms with Crippen molar-refractivity contribution in [3.63, 3.8) is 0 Å². The molecule has 2 heterocycles. The Bertz CT molecular complexity index is 777. The molecule has 1 aromatic heterocycles. The van der Waals surface area contributed by atoms with Crippen molar-refractivity contribution >= 4 is 23.7 Å². The topological polar surface area (TPSA) is 96.3 Å². The molecule has 152 valence electrons. The largest absolute Gasteiger partial charge is 0.325 e. The van der Waals surface area contributed by atoms with Crippen molar-refractivity contribution < 1.29 is 14.4 Å². The van der Waals surface area contributed by atoms with E-state index in [1.165, 1.54) is 12.8 Å². The smallest absolute Gasteiger partial charge is 0.323 e. The van der Waals surface area contributed by atoms with Gasteiger partial charge in [-0.2, -0.15) is 5.10 Å². The molecule has 2 N–H and O–H groups in total. The van der Waals surface area contributed by atoms with Crippen LogP contribution in [0.2, 0.25) is 0 Å². The van der Waals surface area contributed by atoms with Crippen LogP contribution in [0.1, 0.15) is 64.8 Å². The predicted octanol–water partition coefficient (Wildman–Crippen LogP) is 2.68. The van der Waals surface area contributed by atoms with E-state index < -0.39 is 11.6 Å². The van der Waals surface area contributed by atoms with Crippen molar-refractivity contribution in [1.82, 2.24) is 20.0 Å². The van der Waals surface area contributed by atoms with E-state index in [1.807, 2.05) is 4.68 Å². The van der Waals surface area contributed by atoms with Crippen LogP contribution >= 0.6 is 0 Å². The Hall–Kier alpha value is -2.38. The van der Waals surface area contributed by atoms with E-state index in [-0.39, 0.29) is 24.4 Å². The highest BCUT2D eigenvalue weighted by Crippen LogP contribution is 2.40. The van der Waals surface area contributed by atoms with Crippen LogP contribution in [0, 0.1) is 11.8 Å². The monoisotopic (exact) mass is 387 g/mol. The summed E-state index contributed by atoms with van der Waals surface area (Å²) in [5, 5.41) is 10.0. The second kappa shape index (κ2) is 7.22. The molecule has 1 aliphatic heterocycles. The maximum absolute atomic E-state index is 12.9. The third kappa shape index (κ3) is 3.40. The van der Waals surface area contributed by atoms with Crippen LogP contribution in [-0.2, 0) is 9.59 Å². The zero-order valence-electron chi connectivity index (χ0n) is 16.6. The van der Waals surface area contributed by atoms with Gasteiger partial charge in [-0.15, -0.1) is 0 Å². The zero-order valence-corrected chi connectivity index (χ0v) is 16.6. The van der Waals surface area contributed by atoms with Crippen LogP contribution in [0.5, 0.6) is 0 Å². The zero-order chi connectivity index (χ0) is 19.9. The van der Waals surface area contributed by atoms with Gasteiger partial charge in [0.1, 0.15) is 17.9 Å². The van der Waals surface area contributed by atoms with Crippen molar-refractivity contribution in [2.45, 2.75) is 70.4 Å². The minimum Gasteiger partial charge on any atom is -0.323 e. The molecule has 1 atom stereocenters. The van der Waals surface area contributed by atoms with Gasteiger partial charge in [0.25, 0.3) is 5.91 Å². The number of hydrogen-bond donors (Lipinski definition) is 2. The van der Waals surface area contributed by atoms with E-state index in [0.29, 0.717) is 30.5 Å². The molecule has 8 heteroatoms. The van der Waals surface area contributed by atoms with Crippen LogP contribution < -0.4 is 10.6 Å². The van der Waals surface area contributed by atoms with Gasteiger partial charge in [-0.05, 0) is 57.3 Å². The number of urea groups is 1. The molecule has 1 saturated heterocycles. The number of anilines is 1. The first-order valence-corrected chi connectivity index (χ1v) is 10.4. The summed E-state index contributed by atoms with van der Waals surface area (Å²) in [6.45, 7) is 3.98. The standard InChI is InChI=1S/C20H29N5O3/c1-3-14-6-9-20(10-7-14)18(27)24(19(28)23-20)12-17(26)22-16-8-11-21-25(16)13(2)15-4-5-15/h8,11,13-15H,3-7,9-10,12H2,1-2H3,(H,22,26)(H,23,28)/t13-,14?,20?/m1/s1. The van der Waals surface area contributed by atoms with Gasteiger partial charge in [0.05, 0.1) is 12.2 Å². The summed E-state index contributed by atoms with van der Waals surface area (Å²) in [6, 6.07) is 1.50. The molecule has 0 radical (unpaired) electrons. The van der Waals surface area contributed by atoms with E-state index in [2.05, 4.69) is 29.6 Å². The minimum absolute atomic E-state index is 0.221. The molecular weight excluding hydrogens is 358 g/mol. The Kier molecular flexibility index (Phi) is 4.89. The number of nitrogens with one attached hydrogen (secondary N) is 2. The second-order valence-electron chi connectivity index (χ2n) is 8.54. The first kappa shape index (κ1) is 19.0. The summed E-state index contributed by atoms with van der Waals surface area (Å²) in [6.07, 6.45) is 8.28. The molecule has 8 nitrogen and oxygen atoms in total. The molecule has 1 aromatic rings. The van der Waals surface area contributed by atoms with Crippen molar-refractivity contribution in [3.05, 3.63) is 12.3 Å². The third-order valence-corrected chi connectivity index (χ3v) is 6.71.